The van der Waals surface area contributed by atoms with Gasteiger partial charge in [0.1, 0.15) is 0 Å². The van der Waals surface area contributed by atoms with Gasteiger partial charge in [0, 0.05) is 15.7 Å². The monoisotopic (exact) mass is 408 g/mol. The number of benzene rings is 3. The van der Waals surface area contributed by atoms with Gasteiger partial charge in [-0.15, -0.1) is 0 Å². The average Bonchev–Trinajstić information content (AvgIpc) is 2.68. The molecule has 5 heteroatoms. The van der Waals surface area contributed by atoms with Crippen molar-refractivity contribution in [3.8, 4) is 11.1 Å². The van der Waals surface area contributed by atoms with Gasteiger partial charge in [0.05, 0.1) is 6.21 Å². The molecule has 0 spiro atoms. The molecule has 0 bridgehead atoms. The molecule has 0 aliphatic carbocycles. The Kier molecular flexibility index (Phi) is 6.17. The standard InChI is InChI=1S/C21H17BrN2O2/c22-18-12-10-16(11-13-18)14-23-26-15-21(25)24-20-9-5-4-8-19(20)17-6-2-1-3-7-17/h1-14H,15H2,(H,24,25)/b23-14-. The lowest BCUT2D eigenvalue weighted by Crippen LogP contribution is -2.17. The molecule has 4 nitrogen and oxygen atoms in total. The van der Waals surface area contributed by atoms with E-state index in [-0.39, 0.29) is 12.5 Å². The minimum atomic E-state index is -0.263. The van der Waals surface area contributed by atoms with E-state index in [9.17, 15) is 4.79 Å². The van der Waals surface area contributed by atoms with Crippen LogP contribution in [0.1, 0.15) is 5.56 Å². The molecule has 0 aliphatic heterocycles. The zero-order valence-corrected chi connectivity index (χ0v) is 15.5. The molecule has 0 aromatic heterocycles. The van der Waals surface area contributed by atoms with E-state index in [1.807, 2.05) is 78.9 Å². The van der Waals surface area contributed by atoms with Crippen LogP contribution in [-0.4, -0.2) is 18.7 Å². The number of nitrogens with one attached hydrogen (secondary N) is 1. The van der Waals surface area contributed by atoms with Gasteiger partial charge in [0.25, 0.3) is 5.91 Å². The van der Waals surface area contributed by atoms with Crippen molar-refractivity contribution in [2.24, 2.45) is 5.16 Å². The molecule has 1 amide bonds. The number of rotatable bonds is 6. The zero-order chi connectivity index (χ0) is 18.2. The number of hydrogen-bond acceptors (Lipinski definition) is 3. The van der Waals surface area contributed by atoms with Gasteiger partial charge in [-0.1, -0.05) is 81.7 Å². The predicted octanol–water partition coefficient (Wildman–Crippen LogP) is 5.11. The number of anilines is 1. The molecule has 0 unspecified atom stereocenters. The van der Waals surface area contributed by atoms with Crippen LogP contribution in [0, 0.1) is 0 Å². The fourth-order valence-corrected chi connectivity index (χ4v) is 2.66. The van der Waals surface area contributed by atoms with Crippen LogP contribution < -0.4 is 5.32 Å². The minimum Gasteiger partial charge on any atom is -0.386 e. The summed E-state index contributed by atoms with van der Waals surface area (Å²) in [6.07, 6.45) is 1.57. The number of carbonyl (C=O) groups excluding carboxylic acids is 1. The first kappa shape index (κ1) is 17.9. The van der Waals surface area contributed by atoms with Crippen molar-refractivity contribution in [3.63, 3.8) is 0 Å². The summed E-state index contributed by atoms with van der Waals surface area (Å²) in [5.41, 5.74) is 3.63. The Balaban J connectivity index is 1.58. The predicted molar refractivity (Wildman–Crippen MR) is 108 cm³/mol. The van der Waals surface area contributed by atoms with Crippen molar-refractivity contribution in [1.82, 2.24) is 0 Å². The molecule has 130 valence electrons. The highest BCUT2D eigenvalue weighted by atomic mass is 79.9. The van der Waals surface area contributed by atoms with E-state index in [0.29, 0.717) is 0 Å². The van der Waals surface area contributed by atoms with Gasteiger partial charge >= 0.3 is 0 Å². The number of hydrogen-bond donors (Lipinski definition) is 1. The Labute approximate surface area is 160 Å². The van der Waals surface area contributed by atoms with Crippen LogP contribution in [0.3, 0.4) is 0 Å². The SMILES string of the molecule is O=C(CO/N=C\c1ccc(Br)cc1)Nc1ccccc1-c1ccccc1. The van der Waals surface area contributed by atoms with Crippen LogP contribution in [0.2, 0.25) is 0 Å². The second-order valence-corrected chi connectivity index (χ2v) is 6.43. The molecular formula is C21H17BrN2O2. The van der Waals surface area contributed by atoms with Crippen molar-refractivity contribution in [3.05, 3.63) is 88.9 Å². The molecule has 3 aromatic carbocycles. The molecule has 0 radical (unpaired) electrons. The van der Waals surface area contributed by atoms with Gasteiger partial charge in [-0.3, -0.25) is 4.79 Å². The molecule has 3 aromatic rings. The fraction of sp³-hybridized carbons (Fsp3) is 0.0476. The van der Waals surface area contributed by atoms with E-state index < -0.39 is 0 Å². The minimum absolute atomic E-state index is 0.157. The normalized spacial score (nSPS) is 10.7. The number of halogens is 1. The molecule has 0 heterocycles. The summed E-state index contributed by atoms with van der Waals surface area (Å²) in [5.74, 6) is -0.263. The second-order valence-electron chi connectivity index (χ2n) is 5.52. The number of amides is 1. The van der Waals surface area contributed by atoms with Crippen molar-refractivity contribution in [1.29, 1.82) is 0 Å². The van der Waals surface area contributed by atoms with Crippen molar-refractivity contribution in [2.75, 3.05) is 11.9 Å². The van der Waals surface area contributed by atoms with Gasteiger partial charge in [-0.2, -0.15) is 0 Å². The smallest absolute Gasteiger partial charge is 0.265 e. The molecule has 0 saturated carbocycles. The Morgan fingerprint density at radius 2 is 1.65 bits per heavy atom. The van der Waals surface area contributed by atoms with Gasteiger partial charge < -0.3 is 10.2 Å². The topological polar surface area (TPSA) is 50.7 Å². The quantitative estimate of drug-likeness (QED) is 0.455. The van der Waals surface area contributed by atoms with E-state index in [4.69, 9.17) is 4.84 Å². The second kappa shape index (κ2) is 8.97. The van der Waals surface area contributed by atoms with Crippen LogP contribution in [0.15, 0.2) is 88.5 Å². The van der Waals surface area contributed by atoms with E-state index in [1.165, 1.54) is 0 Å². The Bertz CT molecular complexity index is 893. The van der Waals surface area contributed by atoms with Gasteiger partial charge in [-0.25, -0.2) is 0 Å². The molecule has 1 N–H and O–H groups in total. The number of carbonyl (C=O) groups is 1. The summed E-state index contributed by atoms with van der Waals surface area (Å²) in [4.78, 5) is 17.2. The van der Waals surface area contributed by atoms with E-state index in [0.717, 1.165) is 26.9 Å². The van der Waals surface area contributed by atoms with E-state index in [1.54, 1.807) is 6.21 Å². The summed E-state index contributed by atoms with van der Waals surface area (Å²) < 4.78 is 0.993. The van der Waals surface area contributed by atoms with Crippen LogP contribution in [0.5, 0.6) is 0 Å². The summed E-state index contributed by atoms with van der Waals surface area (Å²) in [6.45, 7) is -0.157. The Hall–Kier alpha value is -2.92. The maximum Gasteiger partial charge on any atom is 0.265 e. The lowest BCUT2D eigenvalue weighted by Gasteiger charge is -2.10. The fourth-order valence-electron chi connectivity index (χ4n) is 2.39. The highest BCUT2D eigenvalue weighted by Crippen LogP contribution is 2.27. The molecular weight excluding hydrogens is 392 g/mol. The van der Waals surface area contributed by atoms with Crippen molar-refractivity contribution < 1.29 is 9.63 Å². The average molecular weight is 409 g/mol. The van der Waals surface area contributed by atoms with Crippen molar-refractivity contribution >= 4 is 33.7 Å². The Morgan fingerprint density at radius 1 is 0.962 bits per heavy atom. The largest absolute Gasteiger partial charge is 0.386 e. The van der Waals surface area contributed by atoms with Gasteiger partial charge in [0.15, 0.2) is 6.61 Å². The summed E-state index contributed by atoms with van der Waals surface area (Å²) in [6, 6.07) is 25.2. The van der Waals surface area contributed by atoms with Crippen LogP contribution in [-0.2, 0) is 9.63 Å². The van der Waals surface area contributed by atoms with E-state index in [2.05, 4.69) is 26.4 Å². The summed E-state index contributed by atoms with van der Waals surface area (Å²) >= 11 is 3.37. The van der Waals surface area contributed by atoms with Crippen LogP contribution in [0.25, 0.3) is 11.1 Å². The molecule has 26 heavy (non-hydrogen) atoms. The first-order valence-corrected chi connectivity index (χ1v) is 8.87. The third kappa shape index (κ3) is 5.04. The summed E-state index contributed by atoms with van der Waals surface area (Å²) in [5, 5.41) is 6.70. The molecule has 0 atom stereocenters. The Morgan fingerprint density at radius 3 is 2.42 bits per heavy atom. The molecule has 0 saturated heterocycles. The number of oxime groups is 1. The van der Waals surface area contributed by atoms with Crippen LogP contribution in [0.4, 0.5) is 5.69 Å². The van der Waals surface area contributed by atoms with E-state index >= 15 is 0 Å². The maximum absolute atomic E-state index is 12.1. The summed E-state index contributed by atoms with van der Waals surface area (Å²) in [7, 11) is 0. The zero-order valence-electron chi connectivity index (χ0n) is 13.9. The third-order valence-electron chi connectivity index (χ3n) is 3.63. The highest BCUT2D eigenvalue weighted by molar-refractivity contribution is 9.10. The van der Waals surface area contributed by atoms with Crippen LogP contribution >= 0.6 is 15.9 Å². The lowest BCUT2D eigenvalue weighted by atomic mass is 10.0. The molecule has 3 rings (SSSR count). The van der Waals surface area contributed by atoms with Gasteiger partial charge in [0.2, 0.25) is 0 Å². The highest BCUT2D eigenvalue weighted by Gasteiger charge is 2.08. The molecule has 0 fully saturated rings. The third-order valence-corrected chi connectivity index (χ3v) is 4.16. The lowest BCUT2D eigenvalue weighted by molar-refractivity contribution is -0.120. The molecule has 0 aliphatic rings. The van der Waals surface area contributed by atoms with Gasteiger partial charge in [-0.05, 0) is 29.3 Å². The maximum atomic E-state index is 12.1. The van der Waals surface area contributed by atoms with Crippen molar-refractivity contribution in [2.45, 2.75) is 0 Å². The number of para-hydroxylation sites is 1. The first-order chi connectivity index (χ1) is 12.7. The first-order valence-electron chi connectivity index (χ1n) is 8.07. The number of nitrogens with zero attached hydrogens (tertiary/aromatic N) is 1.